The number of carbonyl (C=O) groups is 2. The van der Waals surface area contributed by atoms with Gasteiger partial charge in [-0.15, -0.1) is 6.58 Å². The van der Waals surface area contributed by atoms with Crippen molar-refractivity contribution in [1.82, 2.24) is 15.1 Å². The molecule has 0 bridgehead atoms. The number of nitrogens with zero attached hydrogens (tertiary/aromatic N) is 2. The Balaban J connectivity index is 1.70. The maximum Gasteiger partial charge on any atom is 0.322 e. The Bertz CT molecular complexity index is 719. The fraction of sp³-hybridized carbons (Fsp3) is 0.474. The number of nitrogens with one attached hydrogen (secondary N) is 1. The van der Waals surface area contributed by atoms with Crippen molar-refractivity contribution in [3.8, 4) is 0 Å². The minimum absolute atomic E-state index is 0.0900. The van der Waals surface area contributed by atoms with Gasteiger partial charge < -0.3 is 10.2 Å². The van der Waals surface area contributed by atoms with Crippen LogP contribution in [-0.2, 0) is 4.79 Å². The van der Waals surface area contributed by atoms with Gasteiger partial charge >= 0.3 is 6.03 Å². The van der Waals surface area contributed by atoms with Crippen LogP contribution in [0.15, 0.2) is 40.8 Å². The highest BCUT2D eigenvalue weighted by atomic mass is 32.1. The van der Waals surface area contributed by atoms with Crippen LogP contribution in [0.2, 0.25) is 0 Å². The van der Waals surface area contributed by atoms with Crippen LogP contribution >= 0.6 is 11.3 Å². The molecule has 5 nitrogen and oxygen atoms in total. The summed E-state index contributed by atoms with van der Waals surface area (Å²) >= 11 is 1.58. The van der Waals surface area contributed by atoms with Gasteiger partial charge in [-0.05, 0) is 35.2 Å². The molecule has 4 rings (SSSR count). The Morgan fingerprint density at radius 1 is 1.28 bits per heavy atom. The van der Waals surface area contributed by atoms with E-state index >= 15 is 0 Å². The minimum atomic E-state index is -0.337. The van der Waals surface area contributed by atoms with Crippen molar-refractivity contribution in [2.45, 2.75) is 44.2 Å². The maximum atomic E-state index is 13.3. The first-order valence-electron chi connectivity index (χ1n) is 8.95. The average Bonchev–Trinajstić information content (AvgIpc) is 3.27. The third kappa shape index (κ3) is 2.78. The van der Waals surface area contributed by atoms with Gasteiger partial charge in [0.15, 0.2) is 0 Å². The molecule has 0 unspecified atom stereocenters. The fourth-order valence-corrected chi connectivity index (χ4v) is 4.90. The van der Waals surface area contributed by atoms with Gasteiger partial charge in [-0.1, -0.05) is 25.3 Å². The van der Waals surface area contributed by atoms with Crippen LogP contribution in [0.25, 0.3) is 0 Å². The largest absolute Gasteiger partial charge is 0.330 e. The summed E-state index contributed by atoms with van der Waals surface area (Å²) in [5, 5.41) is 7.01. The third-order valence-electron chi connectivity index (χ3n) is 5.45. The van der Waals surface area contributed by atoms with Crippen molar-refractivity contribution in [3.63, 3.8) is 0 Å². The highest BCUT2D eigenvalue weighted by molar-refractivity contribution is 7.08. The Kier molecular flexibility index (Phi) is 4.37. The number of rotatable bonds is 4. The van der Waals surface area contributed by atoms with E-state index in [1.165, 1.54) is 19.3 Å². The maximum absolute atomic E-state index is 13.3. The van der Waals surface area contributed by atoms with Gasteiger partial charge in [0.2, 0.25) is 0 Å². The molecular weight excluding hydrogens is 334 g/mol. The molecule has 3 amide bonds. The van der Waals surface area contributed by atoms with Gasteiger partial charge in [-0.2, -0.15) is 11.3 Å². The standard InChI is InChI=1S/C19H23N3O2S/c1-2-9-21-15-11-22(14-6-4-3-5-7-14)18(23)16(15)17(20-19(21)24)13-8-10-25-12-13/h2,8,10,12,14,17H,1,3-7,9,11H2,(H,20,24)/t17-/m0/s1. The topological polar surface area (TPSA) is 52.7 Å². The third-order valence-corrected chi connectivity index (χ3v) is 6.15. The van der Waals surface area contributed by atoms with Crippen LogP contribution in [0.4, 0.5) is 4.79 Å². The van der Waals surface area contributed by atoms with Crippen molar-refractivity contribution in [2.75, 3.05) is 13.1 Å². The number of hydrogen-bond donors (Lipinski definition) is 1. The van der Waals surface area contributed by atoms with Gasteiger partial charge in [-0.25, -0.2) is 4.79 Å². The van der Waals surface area contributed by atoms with E-state index in [1.807, 2.05) is 21.7 Å². The summed E-state index contributed by atoms with van der Waals surface area (Å²) in [6.07, 6.45) is 7.46. The molecule has 1 aliphatic carbocycles. The number of thiophene rings is 1. The molecule has 3 heterocycles. The zero-order chi connectivity index (χ0) is 17.4. The first-order chi connectivity index (χ1) is 12.2. The molecule has 0 aromatic carbocycles. The van der Waals surface area contributed by atoms with Crippen LogP contribution in [0.5, 0.6) is 0 Å². The minimum Gasteiger partial charge on any atom is -0.330 e. The van der Waals surface area contributed by atoms with Crippen LogP contribution in [0.3, 0.4) is 0 Å². The molecule has 1 aromatic heterocycles. The molecule has 2 aliphatic heterocycles. The van der Waals surface area contributed by atoms with Crippen LogP contribution in [0.1, 0.15) is 43.7 Å². The van der Waals surface area contributed by atoms with Crippen molar-refractivity contribution < 1.29 is 9.59 Å². The van der Waals surface area contributed by atoms with Gasteiger partial charge in [0.05, 0.1) is 23.9 Å². The lowest BCUT2D eigenvalue weighted by Gasteiger charge is -2.32. The second-order valence-electron chi connectivity index (χ2n) is 6.92. The van der Waals surface area contributed by atoms with E-state index in [4.69, 9.17) is 0 Å². The molecule has 0 spiro atoms. The highest BCUT2D eigenvalue weighted by Crippen LogP contribution is 2.39. The van der Waals surface area contributed by atoms with E-state index in [0.29, 0.717) is 19.1 Å². The molecule has 0 saturated heterocycles. The van der Waals surface area contributed by atoms with E-state index in [9.17, 15) is 9.59 Å². The number of hydrogen-bond acceptors (Lipinski definition) is 3. The number of carbonyl (C=O) groups excluding carboxylic acids is 2. The number of amides is 3. The molecule has 132 valence electrons. The smallest absolute Gasteiger partial charge is 0.322 e. The van der Waals surface area contributed by atoms with Crippen molar-refractivity contribution in [3.05, 3.63) is 46.3 Å². The lowest BCUT2D eigenvalue weighted by atomic mass is 9.94. The van der Waals surface area contributed by atoms with Crippen LogP contribution in [-0.4, -0.2) is 40.9 Å². The van der Waals surface area contributed by atoms with Gasteiger partial charge in [-0.3, -0.25) is 9.69 Å². The summed E-state index contributed by atoms with van der Waals surface area (Å²) in [5.41, 5.74) is 2.59. The molecule has 1 N–H and O–H groups in total. The monoisotopic (exact) mass is 357 g/mol. The lowest BCUT2D eigenvalue weighted by molar-refractivity contribution is -0.128. The second kappa shape index (κ2) is 6.67. The first kappa shape index (κ1) is 16.4. The zero-order valence-corrected chi connectivity index (χ0v) is 15.1. The Morgan fingerprint density at radius 2 is 2.08 bits per heavy atom. The van der Waals surface area contributed by atoms with Gasteiger partial charge in [0.25, 0.3) is 5.91 Å². The van der Waals surface area contributed by atoms with E-state index in [0.717, 1.165) is 29.7 Å². The zero-order valence-electron chi connectivity index (χ0n) is 14.2. The quantitative estimate of drug-likeness (QED) is 0.840. The summed E-state index contributed by atoms with van der Waals surface area (Å²) in [6, 6.07) is 1.81. The molecule has 3 aliphatic rings. The van der Waals surface area contributed by atoms with Crippen molar-refractivity contribution in [2.24, 2.45) is 0 Å². The van der Waals surface area contributed by atoms with E-state index in [1.54, 1.807) is 22.3 Å². The normalized spacial score (nSPS) is 24.6. The van der Waals surface area contributed by atoms with Crippen LogP contribution in [0, 0.1) is 0 Å². The van der Waals surface area contributed by atoms with E-state index < -0.39 is 0 Å². The molecule has 0 radical (unpaired) electrons. The molecule has 1 aromatic rings. The summed E-state index contributed by atoms with van der Waals surface area (Å²) in [4.78, 5) is 29.6. The van der Waals surface area contributed by atoms with E-state index in [-0.39, 0.29) is 18.0 Å². The molecule has 25 heavy (non-hydrogen) atoms. The fourth-order valence-electron chi connectivity index (χ4n) is 4.21. The van der Waals surface area contributed by atoms with E-state index in [2.05, 4.69) is 11.9 Å². The van der Waals surface area contributed by atoms with Crippen molar-refractivity contribution in [1.29, 1.82) is 0 Å². The molecular formula is C19H23N3O2S. The molecule has 1 fully saturated rings. The number of urea groups is 1. The summed E-state index contributed by atoms with van der Waals surface area (Å²) in [5.74, 6) is 0.0900. The summed E-state index contributed by atoms with van der Waals surface area (Å²) in [7, 11) is 0. The van der Waals surface area contributed by atoms with Crippen molar-refractivity contribution >= 4 is 23.3 Å². The molecule has 1 atom stereocenters. The van der Waals surface area contributed by atoms with Gasteiger partial charge in [0.1, 0.15) is 0 Å². The Hall–Kier alpha value is -2.08. The Morgan fingerprint density at radius 3 is 2.76 bits per heavy atom. The highest BCUT2D eigenvalue weighted by Gasteiger charge is 2.45. The van der Waals surface area contributed by atoms with Crippen LogP contribution < -0.4 is 5.32 Å². The summed E-state index contributed by atoms with van der Waals surface area (Å²) in [6.45, 7) is 4.72. The lowest BCUT2D eigenvalue weighted by Crippen LogP contribution is -2.47. The molecule has 6 heteroatoms. The molecule has 1 saturated carbocycles. The summed E-state index contributed by atoms with van der Waals surface area (Å²) < 4.78 is 0. The van der Waals surface area contributed by atoms with Gasteiger partial charge in [0, 0.05) is 12.6 Å². The predicted octanol–water partition coefficient (Wildman–Crippen LogP) is 3.43. The second-order valence-corrected chi connectivity index (χ2v) is 7.70. The SMILES string of the molecule is C=CCN1C(=O)N[C@@H](c2ccsc2)C2=C1CN(C1CCCCC1)C2=O. The predicted molar refractivity (Wildman–Crippen MR) is 98.1 cm³/mol. The first-order valence-corrected chi connectivity index (χ1v) is 9.90. The average molecular weight is 357 g/mol. The Labute approximate surface area is 152 Å².